The lowest BCUT2D eigenvalue weighted by Gasteiger charge is -2.18. The van der Waals surface area contributed by atoms with Gasteiger partial charge in [-0.3, -0.25) is 10.1 Å². The zero-order chi connectivity index (χ0) is 14.4. The lowest BCUT2D eigenvalue weighted by Crippen LogP contribution is -2.11. The molecular weight excluding hydrogens is 318 g/mol. The van der Waals surface area contributed by atoms with Crippen LogP contribution in [0.4, 0.5) is 5.69 Å². The van der Waals surface area contributed by atoms with Gasteiger partial charge in [0, 0.05) is 16.5 Å². The van der Waals surface area contributed by atoms with Crippen LogP contribution in [0.3, 0.4) is 0 Å². The Labute approximate surface area is 129 Å². The molecule has 1 atom stereocenters. The third-order valence-corrected chi connectivity index (χ3v) is 4.89. The first-order valence-electron chi connectivity index (χ1n) is 7.53. The largest absolute Gasteiger partial charge is 0.272 e. The van der Waals surface area contributed by atoms with Crippen molar-refractivity contribution in [1.29, 1.82) is 0 Å². The second-order valence-electron chi connectivity index (χ2n) is 5.78. The molecule has 2 rings (SSSR count). The Bertz CT molecular complexity index is 442. The Morgan fingerprint density at radius 2 is 1.85 bits per heavy atom. The quantitative estimate of drug-likeness (QED) is 0.317. The third-order valence-electron chi connectivity index (χ3n) is 4.19. The smallest absolute Gasteiger partial charge is 0.258 e. The summed E-state index contributed by atoms with van der Waals surface area (Å²) in [6.07, 6.45) is 9.94. The normalized spacial score (nSPS) is 18.4. The van der Waals surface area contributed by atoms with Crippen molar-refractivity contribution in [3.8, 4) is 0 Å². The predicted molar refractivity (Wildman–Crippen MR) is 85.3 cm³/mol. The maximum Gasteiger partial charge on any atom is 0.272 e. The van der Waals surface area contributed by atoms with E-state index in [1.165, 1.54) is 38.5 Å². The first kappa shape index (κ1) is 15.5. The molecule has 1 aromatic carbocycles. The second-order valence-corrected chi connectivity index (χ2v) is 7.08. The molecule has 1 aliphatic carbocycles. The van der Waals surface area contributed by atoms with Gasteiger partial charge in [0.1, 0.15) is 0 Å². The average Bonchev–Trinajstić information content (AvgIpc) is 2.67. The molecular formula is C16H22BrNO2. The maximum atomic E-state index is 11.0. The molecule has 0 bridgehead atoms. The zero-order valence-corrected chi connectivity index (χ0v) is 13.3. The van der Waals surface area contributed by atoms with Crippen LogP contribution in [-0.2, 0) is 6.42 Å². The third kappa shape index (κ3) is 4.58. The molecule has 1 fully saturated rings. The Balaban J connectivity index is 1.93. The molecule has 1 aromatic rings. The second kappa shape index (κ2) is 7.77. The van der Waals surface area contributed by atoms with Crippen molar-refractivity contribution in [3.05, 3.63) is 39.9 Å². The first-order valence-corrected chi connectivity index (χ1v) is 8.44. The highest BCUT2D eigenvalue weighted by Crippen LogP contribution is 2.30. The van der Waals surface area contributed by atoms with E-state index in [0.717, 1.165) is 24.3 Å². The average molecular weight is 340 g/mol. The predicted octanol–water partition coefficient (Wildman–Crippen LogP) is 5.26. The number of nitro groups is 1. The van der Waals surface area contributed by atoms with Crippen molar-refractivity contribution in [2.45, 2.75) is 56.2 Å². The van der Waals surface area contributed by atoms with Crippen LogP contribution in [0.25, 0.3) is 0 Å². The van der Waals surface area contributed by atoms with Crippen molar-refractivity contribution < 1.29 is 4.92 Å². The molecule has 0 aromatic heterocycles. The number of hydrogen-bond acceptors (Lipinski definition) is 2. The maximum absolute atomic E-state index is 11.0. The number of hydrogen-bond donors (Lipinski definition) is 0. The minimum absolute atomic E-state index is 0.248. The molecule has 1 aliphatic rings. The van der Waals surface area contributed by atoms with Crippen molar-refractivity contribution in [2.75, 3.05) is 0 Å². The summed E-state index contributed by atoms with van der Waals surface area (Å²) < 4.78 is 0. The van der Waals surface area contributed by atoms with Crippen LogP contribution in [0.15, 0.2) is 24.3 Å². The highest BCUT2D eigenvalue weighted by atomic mass is 79.9. The Morgan fingerprint density at radius 3 is 2.50 bits per heavy atom. The molecule has 0 N–H and O–H groups in total. The van der Waals surface area contributed by atoms with Gasteiger partial charge in [0.05, 0.1) is 4.92 Å². The molecule has 0 heterocycles. The van der Waals surface area contributed by atoms with Crippen molar-refractivity contribution >= 4 is 21.6 Å². The van der Waals surface area contributed by atoms with Gasteiger partial charge in [-0.1, -0.05) is 72.7 Å². The van der Waals surface area contributed by atoms with E-state index in [2.05, 4.69) is 15.9 Å². The lowest BCUT2D eigenvalue weighted by atomic mass is 9.93. The first-order chi connectivity index (χ1) is 9.66. The Kier molecular flexibility index (Phi) is 6.02. The van der Waals surface area contributed by atoms with Crippen molar-refractivity contribution in [1.82, 2.24) is 0 Å². The molecule has 110 valence electrons. The lowest BCUT2D eigenvalue weighted by molar-refractivity contribution is -0.385. The summed E-state index contributed by atoms with van der Waals surface area (Å²) >= 11 is 3.74. The van der Waals surface area contributed by atoms with Crippen LogP contribution < -0.4 is 0 Å². The number of rotatable bonds is 5. The molecule has 1 unspecified atom stereocenters. The summed E-state index contributed by atoms with van der Waals surface area (Å²) in [6.45, 7) is 0. The molecule has 0 radical (unpaired) electrons. The fourth-order valence-electron chi connectivity index (χ4n) is 3.14. The van der Waals surface area contributed by atoms with Crippen LogP contribution >= 0.6 is 15.9 Å². The van der Waals surface area contributed by atoms with E-state index in [1.807, 2.05) is 12.1 Å². The van der Waals surface area contributed by atoms with E-state index >= 15 is 0 Å². The summed E-state index contributed by atoms with van der Waals surface area (Å²) in [7, 11) is 0. The molecule has 0 spiro atoms. The number of benzene rings is 1. The Hall–Kier alpha value is -0.900. The number of nitrogens with zero attached hydrogens (tertiary/aromatic N) is 1. The molecule has 3 nitrogen and oxygen atoms in total. The van der Waals surface area contributed by atoms with Gasteiger partial charge >= 0.3 is 0 Å². The van der Waals surface area contributed by atoms with Gasteiger partial charge in [-0.2, -0.15) is 0 Å². The van der Waals surface area contributed by atoms with Gasteiger partial charge in [-0.05, 0) is 18.8 Å². The monoisotopic (exact) mass is 339 g/mol. The molecule has 0 aliphatic heterocycles. The number of halogens is 1. The van der Waals surface area contributed by atoms with E-state index in [1.54, 1.807) is 12.1 Å². The summed E-state index contributed by atoms with van der Waals surface area (Å²) in [5.74, 6) is 0.782. The van der Waals surface area contributed by atoms with Gasteiger partial charge in [0.25, 0.3) is 5.69 Å². The highest BCUT2D eigenvalue weighted by molar-refractivity contribution is 9.09. The summed E-state index contributed by atoms with van der Waals surface area (Å²) in [5.41, 5.74) is 1.09. The van der Waals surface area contributed by atoms with Crippen LogP contribution in [0.5, 0.6) is 0 Å². The number of para-hydroxylation sites is 1. The number of alkyl halides is 1. The minimum Gasteiger partial charge on any atom is -0.258 e. The summed E-state index contributed by atoms with van der Waals surface area (Å²) in [4.78, 5) is 11.1. The molecule has 0 saturated heterocycles. The van der Waals surface area contributed by atoms with Crippen molar-refractivity contribution in [2.24, 2.45) is 5.92 Å². The van der Waals surface area contributed by atoms with E-state index in [0.29, 0.717) is 4.83 Å². The van der Waals surface area contributed by atoms with Gasteiger partial charge in [0.15, 0.2) is 0 Å². The highest BCUT2D eigenvalue weighted by Gasteiger charge is 2.20. The van der Waals surface area contributed by atoms with E-state index in [4.69, 9.17) is 0 Å². The van der Waals surface area contributed by atoms with Gasteiger partial charge in [-0.25, -0.2) is 0 Å². The Morgan fingerprint density at radius 1 is 1.20 bits per heavy atom. The topological polar surface area (TPSA) is 43.1 Å². The number of nitro benzene ring substituents is 1. The summed E-state index contributed by atoms with van der Waals surface area (Å²) in [6, 6.07) is 7.09. The van der Waals surface area contributed by atoms with E-state index in [9.17, 15) is 10.1 Å². The van der Waals surface area contributed by atoms with Crippen molar-refractivity contribution in [3.63, 3.8) is 0 Å². The van der Waals surface area contributed by atoms with Crippen LogP contribution in [-0.4, -0.2) is 9.75 Å². The molecule has 20 heavy (non-hydrogen) atoms. The van der Waals surface area contributed by atoms with Crippen LogP contribution in [0.2, 0.25) is 0 Å². The fraction of sp³-hybridized carbons (Fsp3) is 0.625. The fourth-order valence-corrected chi connectivity index (χ4v) is 4.02. The molecule has 4 heteroatoms. The molecule has 1 saturated carbocycles. The minimum atomic E-state index is -0.277. The SMILES string of the molecule is O=[N+]([O-])c1ccccc1CC(Br)CC1CCCCCC1. The van der Waals surface area contributed by atoms with Gasteiger partial charge in [-0.15, -0.1) is 0 Å². The zero-order valence-electron chi connectivity index (χ0n) is 11.8. The summed E-state index contributed by atoms with van der Waals surface area (Å²) in [5, 5.41) is 11.0. The molecule has 0 amide bonds. The standard InChI is InChI=1S/C16H22BrNO2/c17-15(11-13-7-3-1-2-4-8-13)12-14-9-5-6-10-16(14)18(19)20/h5-6,9-10,13,15H,1-4,7-8,11-12H2. The van der Waals surface area contributed by atoms with Gasteiger partial charge in [0.2, 0.25) is 0 Å². The van der Waals surface area contributed by atoms with Gasteiger partial charge < -0.3 is 0 Å². The van der Waals surface area contributed by atoms with E-state index < -0.39 is 0 Å². The van der Waals surface area contributed by atoms with Crippen LogP contribution in [0, 0.1) is 16.0 Å². The van der Waals surface area contributed by atoms with Crippen LogP contribution in [0.1, 0.15) is 50.5 Å². The van der Waals surface area contributed by atoms with E-state index in [-0.39, 0.29) is 10.6 Å².